The monoisotopic (exact) mass is 427 g/mol. The third kappa shape index (κ3) is 5.75. The van der Waals surface area contributed by atoms with Crippen molar-refractivity contribution in [1.29, 1.82) is 0 Å². The summed E-state index contributed by atoms with van der Waals surface area (Å²) in [4.78, 5) is 14.7. The van der Waals surface area contributed by atoms with Gasteiger partial charge in [0.2, 0.25) is 0 Å². The molecule has 2 N–H and O–H groups in total. The number of piperidine rings is 1. The van der Waals surface area contributed by atoms with Crippen molar-refractivity contribution in [3.8, 4) is 0 Å². The van der Waals surface area contributed by atoms with E-state index in [2.05, 4.69) is 10.6 Å². The molecule has 0 aromatic heterocycles. The highest BCUT2D eigenvalue weighted by Crippen LogP contribution is 2.29. The first-order valence-corrected chi connectivity index (χ1v) is 11.4. The molecule has 2 aliphatic rings. The molecular weight excluding hydrogens is 396 g/mol. The number of rotatable bonds is 6. The summed E-state index contributed by atoms with van der Waals surface area (Å²) in [7, 11) is 0. The fraction of sp³-hybridized carbons (Fsp3) is 0.480. The van der Waals surface area contributed by atoms with Gasteiger partial charge in [0.15, 0.2) is 0 Å². The van der Waals surface area contributed by atoms with E-state index < -0.39 is 6.17 Å². The van der Waals surface area contributed by atoms with E-state index in [1.54, 1.807) is 17.0 Å². The summed E-state index contributed by atoms with van der Waals surface area (Å²) in [5, 5.41) is 7.08. The lowest BCUT2D eigenvalue weighted by molar-refractivity contribution is 0.0667. The van der Waals surface area contributed by atoms with Crippen LogP contribution in [0.3, 0.4) is 0 Å². The molecule has 0 bridgehead atoms. The molecule has 2 fully saturated rings. The number of halogens is 2. The van der Waals surface area contributed by atoms with Gasteiger partial charge in [0.05, 0.1) is 11.4 Å². The first-order valence-electron chi connectivity index (χ1n) is 11.4. The number of anilines is 2. The van der Waals surface area contributed by atoms with Crippen LogP contribution >= 0.6 is 0 Å². The number of hydrogen-bond donors (Lipinski definition) is 2. The van der Waals surface area contributed by atoms with Crippen molar-refractivity contribution in [3.05, 3.63) is 59.4 Å². The van der Waals surface area contributed by atoms with Crippen molar-refractivity contribution in [1.82, 2.24) is 4.90 Å². The Morgan fingerprint density at radius 2 is 1.65 bits per heavy atom. The van der Waals surface area contributed by atoms with Gasteiger partial charge in [0.1, 0.15) is 12.0 Å². The Labute approximate surface area is 183 Å². The summed E-state index contributed by atoms with van der Waals surface area (Å²) in [6.07, 6.45) is 6.06. The number of carbonyl (C=O) groups excluding carboxylic acids is 1. The summed E-state index contributed by atoms with van der Waals surface area (Å²) in [5.41, 5.74) is 3.41. The Balaban J connectivity index is 1.52. The Bertz CT molecular complexity index is 873. The largest absolute Gasteiger partial charge is 0.381 e. The van der Waals surface area contributed by atoms with Crippen molar-refractivity contribution >= 4 is 17.3 Å². The predicted molar refractivity (Wildman–Crippen MR) is 121 cm³/mol. The minimum atomic E-state index is -0.806. The van der Waals surface area contributed by atoms with Crippen molar-refractivity contribution < 1.29 is 13.6 Å². The van der Waals surface area contributed by atoms with Crippen LogP contribution in [0.2, 0.25) is 0 Å². The van der Waals surface area contributed by atoms with Crippen LogP contribution < -0.4 is 10.6 Å². The summed E-state index contributed by atoms with van der Waals surface area (Å²) >= 11 is 0. The molecule has 1 heterocycles. The van der Waals surface area contributed by atoms with Crippen molar-refractivity contribution in [2.45, 2.75) is 63.7 Å². The molecule has 166 valence electrons. The van der Waals surface area contributed by atoms with Crippen molar-refractivity contribution in [2.24, 2.45) is 0 Å². The molecule has 1 saturated heterocycles. The second-order valence-electron chi connectivity index (χ2n) is 8.69. The lowest BCUT2D eigenvalue weighted by Crippen LogP contribution is -2.39. The van der Waals surface area contributed by atoms with Gasteiger partial charge in [-0.05, 0) is 61.6 Å². The molecule has 6 heteroatoms. The molecule has 1 saturated carbocycles. The zero-order valence-corrected chi connectivity index (χ0v) is 17.9. The second kappa shape index (κ2) is 10.1. The van der Waals surface area contributed by atoms with E-state index in [1.165, 1.54) is 31.4 Å². The van der Waals surface area contributed by atoms with Crippen LogP contribution in [0.25, 0.3) is 0 Å². The molecule has 0 spiro atoms. The van der Waals surface area contributed by atoms with Gasteiger partial charge in [-0.2, -0.15) is 0 Å². The molecule has 0 radical (unpaired) electrons. The molecule has 0 unspecified atom stereocenters. The maximum Gasteiger partial charge on any atom is 0.253 e. The Morgan fingerprint density at radius 1 is 0.935 bits per heavy atom. The highest BCUT2D eigenvalue weighted by molar-refractivity contribution is 5.96. The van der Waals surface area contributed by atoms with Gasteiger partial charge in [0, 0.05) is 31.2 Å². The van der Waals surface area contributed by atoms with Gasteiger partial charge in [0.25, 0.3) is 5.91 Å². The van der Waals surface area contributed by atoms with Crippen LogP contribution in [0, 0.1) is 5.82 Å². The van der Waals surface area contributed by atoms with Crippen molar-refractivity contribution in [3.63, 3.8) is 0 Å². The van der Waals surface area contributed by atoms with Gasteiger partial charge in [-0.15, -0.1) is 0 Å². The van der Waals surface area contributed by atoms with Gasteiger partial charge in [-0.25, -0.2) is 8.78 Å². The number of benzene rings is 2. The first-order chi connectivity index (χ1) is 15.1. The SMILES string of the molecule is O=C(c1ccc(NC2CCCCC2)c(NCc2ccc(F)cc2)c1)N1CCC(F)CC1. The minimum absolute atomic E-state index is 0.0547. The molecule has 4 nitrogen and oxygen atoms in total. The maximum absolute atomic E-state index is 13.5. The van der Waals surface area contributed by atoms with Crippen LogP contribution in [0.5, 0.6) is 0 Å². The first kappa shape index (κ1) is 21.6. The topological polar surface area (TPSA) is 44.4 Å². The average Bonchev–Trinajstić information content (AvgIpc) is 2.80. The standard InChI is InChI=1S/C25H31F2N3O/c26-20-9-6-18(7-10-20)17-28-24-16-19(25(31)30-14-12-21(27)13-15-30)8-11-23(24)29-22-4-2-1-3-5-22/h6-11,16,21-22,28-29H,1-5,12-15,17H2. The van der Waals surface area contributed by atoms with Crippen LogP contribution in [0.15, 0.2) is 42.5 Å². The van der Waals surface area contributed by atoms with Crippen molar-refractivity contribution in [2.75, 3.05) is 23.7 Å². The second-order valence-corrected chi connectivity index (χ2v) is 8.69. The number of alkyl halides is 1. The minimum Gasteiger partial charge on any atom is -0.381 e. The summed E-state index contributed by atoms with van der Waals surface area (Å²) in [6.45, 7) is 1.45. The molecule has 2 aromatic carbocycles. The van der Waals surface area contributed by atoms with Crippen LogP contribution in [0.4, 0.5) is 20.2 Å². The number of hydrogen-bond acceptors (Lipinski definition) is 3. The number of nitrogens with one attached hydrogen (secondary N) is 2. The number of amides is 1. The van der Waals surface area contributed by atoms with Crippen LogP contribution in [-0.4, -0.2) is 36.1 Å². The fourth-order valence-corrected chi connectivity index (χ4v) is 4.45. The molecule has 4 rings (SSSR count). The Hall–Kier alpha value is -2.63. The highest BCUT2D eigenvalue weighted by atomic mass is 19.1. The summed E-state index contributed by atoms with van der Waals surface area (Å²) in [6, 6.07) is 12.6. The normalized spacial score (nSPS) is 18.1. The molecule has 1 aliphatic heterocycles. The van der Waals surface area contributed by atoms with E-state index in [4.69, 9.17) is 0 Å². The smallest absolute Gasteiger partial charge is 0.253 e. The predicted octanol–water partition coefficient (Wildman–Crippen LogP) is 5.76. The Morgan fingerprint density at radius 3 is 2.35 bits per heavy atom. The lowest BCUT2D eigenvalue weighted by Gasteiger charge is -2.29. The van der Waals surface area contributed by atoms with Gasteiger partial charge < -0.3 is 15.5 Å². The van der Waals surface area contributed by atoms with Gasteiger partial charge in [-0.1, -0.05) is 31.4 Å². The van der Waals surface area contributed by atoms with Crippen LogP contribution in [0.1, 0.15) is 60.9 Å². The number of nitrogens with zero attached hydrogens (tertiary/aromatic N) is 1. The van der Waals surface area contributed by atoms with E-state index in [1.807, 2.05) is 18.2 Å². The van der Waals surface area contributed by atoms with E-state index in [0.717, 1.165) is 29.8 Å². The highest BCUT2D eigenvalue weighted by Gasteiger charge is 2.24. The van der Waals surface area contributed by atoms with Gasteiger partial charge in [-0.3, -0.25) is 4.79 Å². The molecule has 2 aromatic rings. The van der Waals surface area contributed by atoms with Crippen LogP contribution in [-0.2, 0) is 6.54 Å². The van der Waals surface area contributed by atoms with E-state index in [0.29, 0.717) is 44.1 Å². The number of likely N-dealkylation sites (tertiary alicyclic amines) is 1. The maximum atomic E-state index is 13.5. The third-order valence-corrected chi connectivity index (χ3v) is 6.34. The molecule has 1 aliphatic carbocycles. The lowest BCUT2D eigenvalue weighted by atomic mass is 9.95. The van der Waals surface area contributed by atoms with E-state index >= 15 is 0 Å². The Kier molecular flexibility index (Phi) is 7.05. The fourth-order valence-electron chi connectivity index (χ4n) is 4.45. The summed E-state index contributed by atoms with van der Waals surface area (Å²) in [5.74, 6) is -0.311. The van der Waals surface area contributed by atoms with Gasteiger partial charge >= 0.3 is 0 Å². The quantitative estimate of drug-likeness (QED) is 0.616. The molecular formula is C25H31F2N3O. The molecule has 0 atom stereocenters. The van der Waals surface area contributed by atoms with E-state index in [9.17, 15) is 13.6 Å². The zero-order valence-electron chi connectivity index (χ0n) is 17.9. The summed E-state index contributed by atoms with van der Waals surface area (Å²) < 4.78 is 26.7. The third-order valence-electron chi connectivity index (χ3n) is 6.34. The zero-order chi connectivity index (χ0) is 21.6. The van der Waals surface area contributed by atoms with E-state index in [-0.39, 0.29) is 11.7 Å². The average molecular weight is 428 g/mol. The number of carbonyl (C=O) groups is 1. The molecule has 1 amide bonds. The molecule has 31 heavy (non-hydrogen) atoms.